The summed E-state index contributed by atoms with van der Waals surface area (Å²) in [6.07, 6.45) is 1.89. The molecule has 0 fully saturated rings. The molecule has 4 heteroatoms. The van der Waals surface area contributed by atoms with Gasteiger partial charge in [-0.25, -0.2) is 4.79 Å². The van der Waals surface area contributed by atoms with Crippen LogP contribution in [0.25, 0.3) is 0 Å². The van der Waals surface area contributed by atoms with Crippen LogP contribution in [0.5, 0.6) is 0 Å². The molecule has 0 saturated heterocycles. The maximum absolute atomic E-state index is 11.4. The van der Waals surface area contributed by atoms with E-state index in [1.54, 1.807) is 0 Å². The fraction of sp³-hybridized carbons (Fsp3) is 0.133. The third-order valence-electron chi connectivity index (χ3n) is 2.67. The average Bonchev–Trinajstić information content (AvgIpc) is 2.40. The Morgan fingerprint density at radius 3 is 2.26 bits per heavy atom. The van der Waals surface area contributed by atoms with Gasteiger partial charge in [0.15, 0.2) is 0 Å². The van der Waals surface area contributed by atoms with E-state index in [1.807, 2.05) is 55.6 Å². The van der Waals surface area contributed by atoms with Crippen LogP contribution in [0.1, 0.15) is 15.9 Å². The molecule has 1 N–H and O–H groups in total. The molecule has 0 bridgehead atoms. The van der Waals surface area contributed by atoms with Gasteiger partial charge in [0.05, 0.1) is 5.56 Å². The van der Waals surface area contributed by atoms with E-state index in [2.05, 4.69) is 0 Å². The van der Waals surface area contributed by atoms with Gasteiger partial charge in [0, 0.05) is 14.7 Å². The molecule has 0 saturated carbocycles. The van der Waals surface area contributed by atoms with Crippen molar-refractivity contribution >= 4 is 29.5 Å². The second kappa shape index (κ2) is 6.17. The number of hydrogen-bond donors (Lipinski definition) is 1. The number of carboxylic acids is 1. The maximum Gasteiger partial charge on any atom is 0.337 e. The van der Waals surface area contributed by atoms with Crippen LogP contribution in [0, 0.1) is 6.92 Å². The summed E-state index contributed by atoms with van der Waals surface area (Å²) in [5, 5.41) is 9.37. The van der Waals surface area contributed by atoms with Crippen molar-refractivity contribution in [2.75, 3.05) is 6.26 Å². The van der Waals surface area contributed by atoms with Gasteiger partial charge >= 0.3 is 5.97 Å². The second-order valence-electron chi connectivity index (χ2n) is 4.05. The quantitative estimate of drug-likeness (QED) is 0.837. The smallest absolute Gasteiger partial charge is 0.337 e. The molecular weight excluding hydrogens is 276 g/mol. The number of rotatable bonds is 4. The number of hydrogen-bond acceptors (Lipinski definition) is 3. The van der Waals surface area contributed by atoms with Gasteiger partial charge in [-0.05, 0) is 37.4 Å². The molecule has 2 aromatic carbocycles. The normalized spacial score (nSPS) is 10.4. The highest BCUT2D eigenvalue weighted by atomic mass is 32.2. The van der Waals surface area contributed by atoms with E-state index in [9.17, 15) is 9.90 Å². The molecule has 2 aromatic rings. The molecule has 0 radical (unpaired) electrons. The van der Waals surface area contributed by atoms with Gasteiger partial charge < -0.3 is 5.11 Å². The fourth-order valence-corrected chi connectivity index (χ4v) is 3.36. The Hall–Kier alpha value is -1.39. The van der Waals surface area contributed by atoms with Gasteiger partial charge in [-0.15, -0.1) is 11.8 Å². The predicted octanol–water partition coefficient (Wildman–Crippen LogP) is 4.57. The Labute approximate surface area is 121 Å². The fourth-order valence-electron chi connectivity index (χ4n) is 1.71. The molecule has 2 nitrogen and oxygen atoms in total. The molecule has 0 spiro atoms. The van der Waals surface area contributed by atoms with Crippen LogP contribution < -0.4 is 0 Å². The third kappa shape index (κ3) is 3.33. The second-order valence-corrected chi connectivity index (χ2v) is 6.02. The highest BCUT2D eigenvalue weighted by molar-refractivity contribution is 8.00. The molecule has 0 heterocycles. The van der Waals surface area contributed by atoms with Crippen LogP contribution in [0.3, 0.4) is 0 Å². The first-order chi connectivity index (χ1) is 9.11. The molecule has 0 aromatic heterocycles. The standard InChI is InChI=1S/C15H14O2S2/c1-10-6-8-11(9-7-10)19-13-5-3-4-12(18-2)14(13)15(16)17/h3-9H,1-2H3,(H,16,17). The number of thioether (sulfide) groups is 1. The van der Waals surface area contributed by atoms with Crippen molar-refractivity contribution < 1.29 is 9.90 Å². The van der Waals surface area contributed by atoms with Gasteiger partial charge in [0.25, 0.3) is 0 Å². The number of carboxylic acid groups (broad SMARTS) is 1. The highest BCUT2D eigenvalue weighted by Crippen LogP contribution is 2.34. The Morgan fingerprint density at radius 2 is 1.68 bits per heavy atom. The summed E-state index contributed by atoms with van der Waals surface area (Å²) in [5.74, 6) is -0.875. The minimum atomic E-state index is -0.875. The zero-order valence-corrected chi connectivity index (χ0v) is 12.3. The van der Waals surface area contributed by atoms with Gasteiger partial charge in [-0.3, -0.25) is 0 Å². The van der Waals surface area contributed by atoms with Gasteiger partial charge in [-0.1, -0.05) is 35.5 Å². The average molecular weight is 290 g/mol. The summed E-state index contributed by atoms with van der Waals surface area (Å²) in [6, 6.07) is 13.7. The Bertz CT molecular complexity index is 592. The minimum Gasteiger partial charge on any atom is -0.478 e. The van der Waals surface area contributed by atoms with Crippen molar-refractivity contribution in [2.24, 2.45) is 0 Å². The van der Waals surface area contributed by atoms with Gasteiger partial charge in [0.2, 0.25) is 0 Å². The van der Waals surface area contributed by atoms with E-state index < -0.39 is 5.97 Å². The van der Waals surface area contributed by atoms with Crippen molar-refractivity contribution in [3.05, 3.63) is 53.6 Å². The summed E-state index contributed by atoms with van der Waals surface area (Å²) in [5.41, 5.74) is 1.58. The lowest BCUT2D eigenvalue weighted by Crippen LogP contribution is -2.01. The molecule has 0 aliphatic rings. The first kappa shape index (κ1) is 14.0. The number of benzene rings is 2. The van der Waals surface area contributed by atoms with E-state index in [1.165, 1.54) is 29.1 Å². The van der Waals surface area contributed by atoms with E-state index in [-0.39, 0.29) is 0 Å². The maximum atomic E-state index is 11.4. The zero-order valence-electron chi connectivity index (χ0n) is 10.7. The van der Waals surface area contributed by atoms with Crippen molar-refractivity contribution in [3.63, 3.8) is 0 Å². The molecule has 0 aliphatic carbocycles. The summed E-state index contributed by atoms with van der Waals surface area (Å²) >= 11 is 2.94. The SMILES string of the molecule is CSc1cccc(Sc2ccc(C)cc2)c1C(=O)O. The molecule has 2 rings (SSSR count). The van der Waals surface area contributed by atoms with Crippen LogP contribution in [-0.4, -0.2) is 17.3 Å². The van der Waals surface area contributed by atoms with Crippen molar-refractivity contribution in [1.29, 1.82) is 0 Å². The number of carbonyl (C=O) groups is 1. The first-order valence-corrected chi connectivity index (χ1v) is 7.80. The molecule has 98 valence electrons. The Morgan fingerprint density at radius 1 is 1.05 bits per heavy atom. The first-order valence-electron chi connectivity index (χ1n) is 5.76. The number of aromatic carboxylic acids is 1. The number of aryl methyl sites for hydroxylation is 1. The van der Waals surface area contributed by atoms with Gasteiger partial charge in [-0.2, -0.15) is 0 Å². The van der Waals surface area contributed by atoms with Crippen molar-refractivity contribution in [2.45, 2.75) is 21.6 Å². The molecule has 0 aliphatic heterocycles. The highest BCUT2D eigenvalue weighted by Gasteiger charge is 2.15. The topological polar surface area (TPSA) is 37.3 Å². The monoisotopic (exact) mass is 290 g/mol. The third-order valence-corrected chi connectivity index (χ3v) is 4.52. The zero-order chi connectivity index (χ0) is 13.8. The molecule has 0 unspecified atom stereocenters. The largest absolute Gasteiger partial charge is 0.478 e. The van der Waals surface area contributed by atoms with Crippen molar-refractivity contribution in [3.8, 4) is 0 Å². The Balaban J connectivity index is 2.39. The molecule has 19 heavy (non-hydrogen) atoms. The predicted molar refractivity (Wildman–Crippen MR) is 80.5 cm³/mol. The lowest BCUT2D eigenvalue weighted by molar-refractivity contribution is 0.0689. The lowest BCUT2D eigenvalue weighted by Gasteiger charge is -2.09. The lowest BCUT2D eigenvalue weighted by atomic mass is 10.2. The summed E-state index contributed by atoms with van der Waals surface area (Å²) in [4.78, 5) is 14.0. The molecule has 0 amide bonds. The van der Waals surface area contributed by atoms with Crippen LogP contribution in [0.4, 0.5) is 0 Å². The van der Waals surface area contributed by atoms with E-state index in [0.717, 1.165) is 14.7 Å². The van der Waals surface area contributed by atoms with Crippen LogP contribution in [0.2, 0.25) is 0 Å². The van der Waals surface area contributed by atoms with Crippen LogP contribution >= 0.6 is 23.5 Å². The van der Waals surface area contributed by atoms with E-state index in [0.29, 0.717) is 5.56 Å². The van der Waals surface area contributed by atoms with Gasteiger partial charge in [0.1, 0.15) is 0 Å². The van der Waals surface area contributed by atoms with E-state index >= 15 is 0 Å². The summed E-state index contributed by atoms with van der Waals surface area (Å²) < 4.78 is 0. The van der Waals surface area contributed by atoms with E-state index in [4.69, 9.17) is 0 Å². The molecule has 0 atom stereocenters. The Kier molecular flexibility index (Phi) is 4.56. The minimum absolute atomic E-state index is 0.389. The van der Waals surface area contributed by atoms with Crippen molar-refractivity contribution in [1.82, 2.24) is 0 Å². The summed E-state index contributed by atoms with van der Waals surface area (Å²) in [7, 11) is 0. The van der Waals surface area contributed by atoms with Crippen LogP contribution in [-0.2, 0) is 0 Å². The summed E-state index contributed by atoms with van der Waals surface area (Å²) in [6.45, 7) is 2.03. The van der Waals surface area contributed by atoms with Crippen LogP contribution in [0.15, 0.2) is 57.2 Å². The molecular formula is C15H14O2S2.